The van der Waals surface area contributed by atoms with E-state index in [1.807, 2.05) is 6.92 Å². The first-order chi connectivity index (χ1) is 9.57. The zero-order chi connectivity index (χ0) is 14.7. The fraction of sp³-hybridized carbons (Fsp3) is 0.357. The molecule has 0 aliphatic carbocycles. The average molecular weight is 339 g/mol. The van der Waals surface area contributed by atoms with Gasteiger partial charge in [-0.1, -0.05) is 0 Å². The van der Waals surface area contributed by atoms with Gasteiger partial charge in [0.15, 0.2) is 0 Å². The number of imide groups is 1. The van der Waals surface area contributed by atoms with Crippen molar-refractivity contribution in [1.82, 2.24) is 4.90 Å². The molecule has 1 unspecified atom stereocenters. The third-order valence-electron chi connectivity index (χ3n) is 3.03. The van der Waals surface area contributed by atoms with Gasteiger partial charge in [-0.3, -0.25) is 0 Å². The van der Waals surface area contributed by atoms with Crippen LogP contribution in [0.3, 0.4) is 0 Å². The molecule has 20 heavy (non-hydrogen) atoms. The molecule has 106 valence electrons. The Kier molecular flexibility index (Phi) is 4.57. The SMILES string of the molecule is CCC[Se]CC(C(=O)[O-])N1C(=O)c2ccccc2C1=O. The van der Waals surface area contributed by atoms with Crippen LogP contribution < -0.4 is 5.11 Å². The van der Waals surface area contributed by atoms with E-state index in [1.165, 1.54) is 0 Å². The summed E-state index contributed by atoms with van der Waals surface area (Å²) in [6, 6.07) is 5.23. The molecule has 5 nitrogen and oxygen atoms in total. The first kappa shape index (κ1) is 14.8. The molecular weight excluding hydrogens is 325 g/mol. The predicted octanol–water partition coefficient (Wildman–Crippen LogP) is 0.352. The number of benzene rings is 1. The molecule has 1 aliphatic rings. The van der Waals surface area contributed by atoms with E-state index < -0.39 is 23.8 Å². The van der Waals surface area contributed by atoms with Crippen molar-refractivity contribution in [1.29, 1.82) is 0 Å². The van der Waals surface area contributed by atoms with E-state index in [2.05, 4.69) is 0 Å². The van der Waals surface area contributed by atoms with Gasteiger partial charge in [-0.15, -0.1) is 0 Å². The molecule has 0 bridgehead atoms. The molecule has 0 saturated heterocycles. The Balaban J connectivity index is 2.25. The molecule has 0 N–H and O–H groups in total. The van der Waals surface area contributed by atoms with Crippen molar-refractivity contribution in [3.05, 3.63) is 35.4 Å². The predicted molar refractivity (Wildman–Crippen MR) is 71.4 cm³/mol. The Labute approximate surface area is 123 Å². The molecular formula is C14H14NO4Se-. The Bertz CT molecular complexity index is 523. The third kappa shape index (κ3) is 2.62. The van der Waals surface area contributed by atoms with Gasteiger partial charge in [-0.05, 0) is 0 Å². The number of aliphatic carboxylic acids is 1. The van der Waals surface area contributed by atoms with Crippen molar-refractivity contribution < 1.29 is 19.5 Å². The van der Waals surface area contributed by atoms with Crippen molar-refractivity contribution >= 4 is 32.7 Å². The number of amides is 2. The summed E-state index contributed by atoms with van der Waals surface area (Å²) in [5.41, 5.74) is 0.540. The number of nitrogens with zero attached hydrogens (tertiary/aromatic N) is 1. The number of rotatable bonds is 6. The van der Waals surface area contributed by atoms with Gasteiger partial charge in [0.2, 0.25) is 0 Å². The van der Waals surface area contributed by atoms with Gasteiger partial charge in [0.1, 0.15) is 0 Å². The van der Waals surface area contributed by atoms with Gasteiger partial charge in [0.25, 0.3) is 0 Å². The maximum atomic E-state index is 12.2. The molecule has 1 aliphatic heterocycles. The molecule has 0 fully saturated rings. The number of hydrogen-bond donors (Lipinski definition) is 0. The maximum absolute atomic E-state index is 12.2. The van der Waals surface area contributed by atoms with Gasteiger partial charge in [-0.2, -0.15) is 0 Å². The Morgan fingerprint density at radius 1 is 1.25 bits per heavy atom. The molecule has 0 radical (unpaired) electrons. The summed E-state index contributed by atoms with van der Waals surface area (Å²) < 4.78 is 0. The first-order valence-corrected chi connectivity index (χ1v) is 8.75. The standard InChI is InChI=1S/C14H15NO4Se/c1-2-7-20-8-11(14(18)19)15-12(16)9-5-3-4-6-10(9)13(15)17/h3-6,11H,2,7-8H2,1H3,(H,18,19)/p-1. The van der Waals surface area contributed by atoms with E-state index in [-0.39, 0.29) is 26.1 Å². The molecule has 1 aromatic carbocycles. The van der Waals surface area contributed by atoms with E-state index >= 15 is 0 Å². The van der Waals surface area contributed by atoms with Gasteiger partial charge < -0.3 is 0 Å². The molecule has 0 saturated carbocycles. The van der Waals surface area contributed by atoms with Gasteiger partial charge in [-0.25, -0.2) is 0 Å². The molecule has 0 spiro atoms. The number of carbonyl (C=O) groups is 3. The number of carbonyl (C=O) groups excluding carboxylic acids is 3. The van der Waals surface area contributed by atoms with Crippen LogP contribution in [0.2, 0.25) is 10.6 Å². The molecule has 1 aromatic rings. The second-order valence-electron chi connectivity index (χ2n) is 4.44. The average Bonchev–Trinajstić information content (AvgIpc) is 2.68. The van der Waals surface area contributed by atoms with Crippen LogP contribution in [-0.2, 0) is 4.79 Å². The van der Waals surface area contributed by atoms with E-state index in [0.29, 0.717) is 5.32 Å². The summed E-state index contributed by atoms with van der Waals surface area (Å²) in [7, 11) is 0. The number of carboxylic acid groups (broad SMARTS) is 1. The van der Waals surface area contributed by atoms with E-state index in [1.54, 1.807) is 24.3 Å². The molecule has 1 heterocycles. The zero-order valence-electron chi connectivity index (χ0n) is 11.0. The number of hydrogen-bond acceptors (Lipinski definition) is 4. The molecule has 2 rings (SSSR count). The molecule has 2 amide bonds. The fourth-order valence-corrected chi connectivity index (χ4v) is 4.10. The Hall–Kier alpha value is -1.65. The topological polar surface area (TPSA) is 77.5 Å². The van der Waals surface area contributed by atoms with E-state index in [4.69, 9.17) is 0 Å². The number of carboxylic acids is 1. The minimum absolute atomic E-state index is 0.0782. The molecule has 1 atom stereocenters. The van der Waals surface area contributed by atoms with Crippen LogP contribution in [0.5, 0.6) is 0 Å². The van der Waals surface area contributed by atoms with Crippen LogP contribution in [0.25, 0.3) is 0 Å². The summed E-state index contributed by atoms with van der Waals surface area (Å²) in [5.74, 6) is -2.43. The van der Waals surface area contributed by atoms with Crippen molar-refractivity contribution in [3.63, 3.8) is 0 Å². The normalized spacial score (nSPS) is 15.3. The first-order valence-electron chi connectivity index (χ1n) is 6.33. The second-order valence-corrected chi connectivity index (χ2v) is 6.85. The number of fused-ring (bicyclic) bond motifs is 1. The third-order valence-corrected chi connectivity index (χ3v) is 5.65. The van der Waals surface area contributed by atoms with Gasteiger partial charge in [0, 0.05) is 0 Å². The van der Waals surface area contributed by atoms with E-state index in [9.17, 15) is 19.5 Å². The van der Waals surface area contributed by atoms with Crippen molar-refractivity contribution in [2.75, 3.05) is 0 Å². The van der Waals surface area contributed by atoms with Crippen molar-refractivity contribution in [2.45, 2.75) is 30.0 Å². The molecule has 6 heteroatoms. The van der Waals surface area contributed by atoms with Crippen LogP contribution in [0.1, 0.15) is 34.1 Å². The summed E-state index contributed by atoms with van der Waals surface area (Å²) in [6.45, 7) is 2.01. The Morgan fingerprint density at radius 2 is 1.80 bits per heavy atom. The Morgan fingerprint density at radius 3 is 2.25 bits per heavy atom. The summed E-state index contributed by atoms with van der Waals surface area (Å²) >= 11 is 0.0782. The van der Waals surface area contributed by atoms with Crippen LogP contribution in [0.15, 0.2) is 24.3 Å². The molecule has 0 aromatic heterocycles. The minimum atomic E-state index is -1.36. The van der Waals surface area contributed by atoms with Crippen molar-refractivity contribution in [2.24, 2.45) is 0 Å². The monoisotopic (exact) mass is 340 g/mol. The van der Waals surface area contributed by atoms with Gasteiger partial charge in [0.05, 0.1) is 0 Å². The fourth-order valence-electron chi connectivity index (χ4n) is 2.08. The van der Waals surface area contributed by atoms with Crippen LogP contribution in [0, 0.1) is 0 Å². The van der Waals surface area contributed by atoms with Crippen LogP contribution >= 0.6 is 0 Å². The van der Waals surface area contributed by atoms with Crippen LogP contribution in [0.4, 0.5) is 0 Å². The van der Waals surface area contributed by atoms with E-state index in [0.717, 1.165) is 16.6 Å². The summed E-state index contributed by atoms with van der Waals surface area (Å²) in [5, 5.41) is 12.5. The zero-order valence-corrected chi connectivity index (χ0v) is 12.7. The second kappa shape index (κ2) is 6.20. The quantitative estimate of drug-likeness (QED) is 0.426. The van der Waals surface area contributed by atoms with Gasteiger partial charge >= 0.3 is 123 Å². The summed E-state index contributed by atoms with van der Waals surface area (Å²) in [4.78, 5) is 36.5. The summed E-state index contributed by atoms with van der Waals surface area (Å²) in [6.07, 6.45) is 0.960. The van der Waals surface area contributed by atoms with Crippen molar-refractivity contribution in [3.8, 4) is 0 Å². The van der Waals surface area contributed by atoms with Crippen LogP contribution in [-0.4, -0.2) is 43.7 Å².